The number of fused-ring (bicyclic) bond motifs is 6. The third-order valence-corrected chi connectivity index (χ3v) is 11.3. The number of para-hydroxylation sites is 3. The minimum Gasteiger partial charge on any atom is -0.320 e. The van der Waals surface area contributed by atoms with Crippen molar-refractivity contribution >= 4 is 72.4 Å². The Bertz CT molecular complexity index is 3020. The van der Waals surface area contributed by atoms with Crippen LogP contribution in [0.1, 0.15) is 11.1 Å². The van der Waals surface area contributed by atoms with Crippen molar-refractivity contribution in [2.24, 2.45) is 9.98 Å². The first kappa shape index (κ1) is 31.9. The fourth-order valence-corrected chi connectivity index (χ4v) is 8.62. The Morgan fingerprint density at radius 3 is 1.76 bits per heavy atom. The van der Waals surface area contributed by atoms with Gasteiger partial charge in [0, 0.05) is 38.4 Å². The molecule has 256 valence electrons. The van der Waals surface area contributed by atoms with E-state index in [9.17, 15) is 0 Å². The standard InChI is InChI=1S/C49H34N4S/c1-50-49-41(28-29-54-49)48(35-22-20-34(21-23-35)33-12-4-2-5-13-33)51-32-52-44-18-10-8-16-39(44)42-30-36(24-26-45(42)52)37-25-27-47-43(31-37)40-17-9-11-19-46(40)53(47)38-14-6-3-7-15-38/h2-31H,1,32H2/b51-48-. The Hall–Kier alpha value is -6.82. The number of hydrogen-bond acceptors (Lipinski definition) is 3. The molecule has 0 fully saturated rings. The molecule has 5 heteroatoms. The largest absolute Gasteiger partial charge is 0.320 e. The molecule has 10 aromatic rings. The van der Waals surface area contributed by atoms with Crippen LogP contribution < -0.4 is 0 Å². The summed E-state index contributed by atoms with van der Waals surface area (Å²) in [4.78, 5) is 9.71. The van der Waals surface area contributed by atoms with Gasteiger partial charge in [-0.3, -0.25) is 9.98 Å². The van der Waals surface area contributed by atoms with E-state index in [1.807, 2.05) is 6.07 Å². The van der Waals surface area contributed by atoms with Crippen LogP contribution in [0, 0.1) is 0 Å². The first-order chi connectivity index (χ1) is 26.7. The van der Waals surface area contributed by atoms with Crippen molar-refractivity contribution < 1.29 is 0 Å². The fraction of sp³-hybridized carbons (Fsp3) is 0.0204. The number of aromatic nitrogens is 2. The van der Waals surface area contributed by atoms with Gasteiger partial charge in [0.2, 0.25) is 0 Å². The van der Waals surface area contributed by atoms with Crippen LogP contribution in [0.25, 0.3) is 71.6 Å². The van der Waals surface area contributed by atoms with Crippen LogP contribution in [0.2, 0.25) is 0 Å². The first-order valence-electron chi connectivity index (χ1n) is 18.1. The van der Waals surface area contributed by atoms with Crippen molar-refractivity contribution in [3.05, 3.63) is 192 Å². The van der Waals surface area contributed by atoms with Crippen LogP contribution in [0.15, 0.2) is 191 Å². The van der Waals surface area contributed by atoms with Gasteiger partial charge in [0.1, 0.15) is 11.7 Å². The van der Waals surface area contributed by atoms with E-state index in [4.69, 9.17) is 4.99 Å². The summed E-state index contributed by atoms with van der Waals surface area (Å²) in [6.07, 6.45) is 0. The molecule has 0 N–H and O–H groups in total. The lowest BCUT2D eigenvalue weighted by atomic mass is 9.99. The van der Waals surface area contributed by atoms with E-state index in [2.05, 4.69) is 196 Å². The Labute approximate surface area is 317 Å². The second kappa shape index (κ2) is 13.3. The van der Waals surface area contributed by atoms with Crippen molar-refractivity contribution in [1.82, 2.24) is 9.13 Å². The van der Waals surface area contributed by atoms with E-state index in [-0.39, 0.29) is 0 Å². The summed E-state index contributed by atoms with van der Waals surface area (Å²) in [5, 5.41) is 7.85. The average Bonchev–Trinajstić information content (AvgIpc) is 3.94. The van der Waals surface area contributed by atoms with Gasteiger partial charge in [0.25, 0.3) is 0 Å². The van der Waals surface area contributed by atoms with Gasteiger partial charge in [-0.05, 0) is 88.9 Å². The van der Waals surface area contributed by atoms with Gasteiger partial charge in [-0.1, -0.05) is 121 Å². The van der Waals surface area contributed by atoms with Gasteiger partial charge in [0.15, 0.2) is 0 Å². The molecule has 0 aliphatic heterocycles. The predicted octanol–water partition coefficient (Wildman–Crippen LogP) is 13.1. The zero-order chi connectivity index (χ0) is 36.0. The molecule has 0 saturated carbocycles. The van der Waals surface area contributed by atoms with Crippen molar-refractivity contribution in [3.63, 3.8) is 0 Å². The molecular formula is C49H34N4S. The van der Waals surface area contributed by atoms with Gasteiger partial charge >= 0.3 is 0 Å². The summed E-state index contributed by atoms with van der Waals surface area (Å²) in [6, 6.07) is 62.9. The van der Waals surface area contributed by atoms with Gasteiger partial charge in [-0.25, -0.2) is 0 Å². The number of thiophene rings is 1. The van der Waals surface area contributed by atoms with Crippen LogP contribution in [-0.4, -0.2) is 21.6 Å². The number of rotatable bonds is 8. The quantitative estimate of drug-likeness (QED) is 0.141. The molecule has 0 unspecified atom stereocenters. The van der Waals surface area contributed by atoms with Crippen molar-refractivity contribution in [1.29, 1.82) is 0 Å². The minimum absolute atomic E-state index is 0.455. The molecule has 0 bridgehead atoms. The van der Waals surface area contributed by atoms with Crippen LogP contribution in [0.3, 0.4) is 0 Å². The lowest BCUT2D eigenvalue weighted by molar-refractivity contribution is 0.793. The smallest absolute Gasteiger partial charge is 0.124 e. The van der Waals surface area contributed by atoms with Gasteiger partial charge in [-0.15, -0.1) is 11.3 Å². The molecule has 0 spiro atoms. The van der Waals surface area contributed by atoms with E-state index >= 15 is 0 Å². The normalized spacial score (nSPS) is 12.0. The Balaban J connectivity index is 1.07. The molecule has 10 rings (SSSR count). The van der Waals surface area contributed by atoms with Gasteiger partial charge < -0.3 is 9.13 Å². The summed E-state index contributed by atoms with van der Waals surface area (Å²) in [7, 11) is 0. The summed E-state index contributed by atoms with van der Waals surface area (Å²) < 4.78 is 4.69. The summed E-state index contributed by atoms with van der Waals surface area (Å²) in [5.74, 6) is 0. The molecule has 0 atom stereocenters. The van der Waals surface area contributed by atoms with E-state index in [1.54, 1.807) is 11.3 Å². The highest BCUT2D eigenvalue weighted by atomic mass is 32.1. The van der Waals surface area contributed by atoms with E-state index in [1.165, 1.54) is 54.8 Å². The maximum absolute atomic E-state index is 5.36. The van der Waals surface area contributed by atoms with Gasteiger partial charge in [0.05, 0.1) is 27.8 Å². The summed E-state index contributed by atoms with van der Waals surface area (Å²) in [5.41, 5.74) is 13.6. The lowest BCUT2D eigenvalue weighted by Gasteiger charge is -2.11. The Morgan fingerprint density at radius 2 is 1.04 bits per heavy atom. The second-order valence-electron chi connectivity index (χ2n) is 13.5. The Kier molecular flexibility index (Phi) is 7.85. The minimum atomic E-state index is 0.455. The van der Waals surface area contributed by atoms with E-state index in [0.29, 0.717) is 6.67 Å². The molecule has 7 aromatic carbocycles. The first-order valence-corrected chi connectivity index (χ1v) is 19.0. The molecule has 4 nitrogen and oxygen atoms in total. The zero-order valence-corrected chi connectivity index (χ0v) is 30.2. The van der Waals surface area contributed by atoms with Crippen molar-refractivity contribution in [2.45, 2.75) is 6.67 Å². The summed E-state index contributed by atoms with van der Waals surface area (Å²) >= 11 is 1.58. The highest BCUT2D eigenvalue weighted by Crippen LogP contribution is 2.38. The predicted molar refractivity (Wildman–Crippen MR) is 230 cm³/mol. The van der Waals surface area contributed by atoms with Crippen molar-refractivity contribution in [2.75, 3.05) is 0 Å². The number of hydrogen-bond donors (Lipinski definition) is 0. The topological polar surface area (TPSA) is 34.6 Å². The number of benzene rings is 7. The van der Waals surface area contributed by atoms with Crippen LogP contribution in [0.4, 0.5) is 5.00 Å². The van der Waals surface area contributed by atoms with Gasteiger partial charge in [-0.2, -0.15) is 0 Å². The fourth-order valence-electron chi connectivity index (χ4n) is 7.92. The van der Waals surface area contributed by atoms with E-state index < -0.39 is 0 Å². The highest BCUT2D eigenvalue weighted by Gasteiger charge is 2.17. The van der Waals surface area contributed by atoms with E-state index in [0.717, 1.165) is 38.6 Å². The average molecular weight is 711 g/mol. The molecule has 0 radical (unpaired) electrons. The molecule has 3 heterocycles. The molecule has 0 amide bonds. The van der Waals surface area contributed by atoms with Crippen molar-refractivity contribution in [3.8, 4) is 27.9 Å². The molecule has 0 saturated heterocycles. The van der Waals surface area contributed by atoms with Crippen LogP contribution in [0.5, 0.6) is 0 Å². The number of nitrogens with zero attached hydrogens (tertiary/aromatic N) is 4. The zero-order valence-electron chi connectivity index (χ0n) is 29.4. The maximum atomic E-state index is 5.36. The SMILES string of the molecule is C=Nc1sccc1/C(=N\Cn1c2ccccc2c2cc(-c3ccc4c(c3)c3ccccc3n4-c3ccccc3)ccc21)c1ccc(-c2ccccc2)cc1. The van der Waals surface area contributed by atoms with Crippen LogP contribution >= 0.6 is 11.3 Å². The molecule has 54 heavy (non-hydrogen) atoms. The maximum Gasteiger partial charge on any atom is 0.124 e. The lowest BCUT2D eigenvalue weighted by Crippen LogP contribution is -2.06. The third-order valence-electron chi connectivity index (χ3n) is 10.5. The summed E-state index contributed by atoms with van der Waals surface area (Å²) in [6.45, 7) is 4.32. The number of aliphatic imine (C=N–C) groups is 2. The molecule has 0 aliphatic rings. The molecule has 0 aliphatic carbocycles. The monoisotopic (exact) mass is 710 g/mol. The Morgan fingerprint density at radius 1 is 0.500 bits per heavy atom. The van der Waals surface area contributed by atoms with Crippen LogP contribution in [-0.2, 0) is 6.67 Å². The second-order valence-corrected chi connectivity index (χ2v) is 14.4. The third kappa shape index (κ3) is 5.37. The highest BCUT2D eigenvalue weighted by molar-refractivity contribution is 7.14. The molecular weight excluding hydrogens is 677 g/mol. The molecule has 3 aromatic heterocycles.